The van der Waals surface area contributed by atoms with Gasteiger partial charge in [-0.1, -0.05) is 0 Å². The molecule has 0 aliphatic heterocycles. The monoisotopic (exact) mass is 234 g/mol. The zero-order valence-corrected chi connectivity index (χ0v) is 8.84. The van der Waals surface area contributed by atoms with Crippen LogP contribution in [0.15, 0.2) is 18.3 Å². The van der Waals surface area contributed by atoms with Crippen molar-refractivity contribution < 1.29 is 17.9 Å². The fourth-order valence-corrected chi connectivity index (χ4v) is 1.10. The maximum Gasteiger partial charge on any atom is 0.417 e. The second-order valence-corrected chi connectivity index (χ2v) is 3.20. The Morgan fingerprint density at radius 2 is 2.12 bits per heavy atom. The maximum atomic E-state index is 12.2. The number of anilines is 1. The van der Waals surface area contributed by atoms with Crippen molar-refractivity contribution in [3.8, 4) is 0 Å². The van der Waals surface area contributed by atoms with Gasteiger partial charge in [-0.15, -0.1) is 0 Å². The Bertz CT molecular complexity index is 311. The summed E-state index contributed by atoms with van der Waals surface area (Å²) in [7, 11) is 1.59. The summed E-state index contributed by atoms with van der Waals surface area (Å²) in [4.78, 5) is 3.67. The molecule has 1 aromatic rings. The van der Waals surface area contributed by atoms with E-state index >= 15 is 0 Å². The van der Waals surface area contributed by atoms with Crippen molar-refractivity contribution in [2.75, 3.05) is 25.6 Å². The second-order valence-electron chi connectivity index (χ2n) is 3.20. The summed E-state index contributed by atoms with van der Waals surface area (Å²) in [5.41, 5.74) is -0.741. The van der Waals surface area contributed by atoms with Crippen molar-refractivity contribution in [2.45, 2.75) is 12.6 Å². The minimum Gasteiger partial charge on any atom is -0.385 e. The maximum absolute atomic E-state index is 12.2. The molecule has 0 bridgehead atoms. The number of halogens is 3. The lowest BCUT2D eigenvalue weighted by Gasteiger charge is -2.08. The molecule has 16 heavy (non-hydrogen) atoms. The van der Waals surface area contributed by atoms with Gasteiger partial charge in [0.25, 0.3) is 0 Å². The topological polar surface area (TPSA) is 34.1 Å². The van der Waals surface area contributed by atoms with Crippen LogP contribution in [0.3, 0.4) is 0 Å². The molecule has 1 N–H and O–H groups in total. The molecule has 0 fully saturated rings. The van der Waals surface area contributed by atoms with Gasteiger partial charge >= 0.3 is 6.18 Å². The van der Waals surface area contributed by atoms with Gasteiger partial charge < -0.3 is 10.1 Å². The summed E-state index contributed by atoms with van der Waals surface area (Å²) in [6.45, 7) is 1.22. The minimum absolute atomic E-state index is 0.434. The molecule has 0 spiro atoms. The first-order valence-electron chi connectivity index (χ1n) is 4.80. The average molecular weight is 234 g/mol. The predicted molar refractivity (Wildman–Crippen MR) is 54.2 cm³/mol. The van der Waals surface area contributed by atoms with Crippen LogP contribution in [-0.2, 0) is 10.9 Å². The van der Waals surface area contributed by atoms with E-state index in [-0.39, 0.29) is 0 Å². The third-order valence-electron chi connectivity index (χ3n) is 1.92. The number of hydrogen-bond donors (Lipinski definition) is 1. The van der Waals surface area contributed by atoms with Crippen LogP contribution < -0.4 is 5.32 Å². The highest BCUT2D eigenvalue weighted by Gasteiger charge is 2.30. The van der Waals surface area contributed by atoms with Gasteiger partial charge in [-0.25, -0.2) is 4.98 Å². The number of pyridine rings is 1. The normalized spacial score (nSPS) is 11.5. The molecule has 0 aliphatic carbocycles. The van der Waals surface area contributed by atoms with Gasteiger partial charge in [-0.2, -0.15) is 13.2 Å². The number of ether oxygens (including phenoxy) is 1. The summed E-state index contributed by atoms with van der Waals surface area (Å²) >= 11 is 0. The fraction of sp³-hybridized carbons (Fsp3) is 0.500. The van der Waals surface area contributed by atoms with Crippen molar-refractivity contribution in [3.63, 3.8) is 0 Å². The molecule has 0 atom stereocenters. The number of hydrogen-bond acceptors (Lipinski definition) is 3. The molecule has 3 nitrogen and oxygen atoms in total. The number of aromatic nitrogens is 1. The molecule has 6 heteroatoms. The van der Waals surface area contributed by atoms with Crippen LogP contribution in [0.25, 0.3) is 0 Å². The van der Waals surface area contributed by atoms with Crippen LogP contribution in [0.1, 0.15) is 12.0 Å². The number of rotatable bonds is 5. The van der Waals surface area contributed by atoms with Crippen molar-refractivity contribution >= 4 is 5.82 Å². The Labute approximate surface area is 91.6 Å². The molecule has 1 rings (SSSR count). The smallest absolute Gasteiger partial charge is 0.385 e. The Hall–Kier alpha value is -1.30. The van der Waals surface area contributed by atoms with Gasteiger partial charge in [0.2, 0.25) is 0 Å². The molecule has 1 heterocycles. The van der Waals surface area contributed by atoms with E-state index in [1.165, 1.54) is 6.07 Å². The zero-order chi connectivity index (χ0) is 12.0. The molecule has 0 radical (unpaired) electrons. The first kappa shape index (κ1) is 12.8. The first-order valence-corrected chi connectivity index (χ1v) is 4.80. The highest BCUT2D eigenvalue weighted by Crippen LogP contribution is 2.28. The van der Waals surface area contributed by atoms with E-state index in [2.05, 4.69) is 10.3 Å². The van der Waals surface area contributed by atoms with Gasteiger partial charge in [0.15, 0.2) is 0 Å². The quantitative estimate of drug-likeness (QED) is 0.795. The fourth-order valence-electron chi connectivity index (χ4n) is 1.10. The number of nitrogens with one attached hydrogen (secondary N) is 1. The largest absolute Gasteiger partial charge is 0.417 e. The van der Waals surface area contributed by atoms with Crippen molar-refractivity contribution in [3.05, 3.63) is 23.9 Å². The van der Waals surface area contributed by atoms with Gasteiger partial charge in [-0.05, 0) is 18.6 Å². The number of methoxy groups -OCH3 is 1. The molecule has 0 saturated carbocycles. The highest BCUT2D eigenvalue weighted by atomic mass is 19.4. The lowest BCUT2D eigenvalue weighted by atomic mass is 10.3. The summed E-state index contributed by atoms with van der Waals surface area (Å²) < 4.78 is 41.4. The Kier molecular flexibility index (Phi) is 4.54. The van der Waals surface area contributed by atoms with Crippen LogP contribution in [0.2, 0.25) is 0 Å². The van der Waals surface area contributed by atoms with E-state index in [1.54, 1.807) is 7.11 Å². The van der Waals surface area contributed by atoms with Crippen LogP contribution >= 0.6 is 0 Å². The molecular weight excluding hydrogens is 221 g/mol. The van der Waals surface area contributed by atoms with Crippen molar-refractivity contribution in [1.82, 2.24) is 4.98 Å². The van der Waals surface area contributed by atoms with Gasteiger partial charge in [-0.3, -0.25) is 0 Å². The average Bonchev–Trinajstić information content (AvgIpc) is 2.24. The van der Waals surface area contributed by atoms with E-state index in [9.17, 15) is 13.2 Å². The number of nitrogens with zero attached hydrogens (tertiary/aromatic N) is 1. The molecule has 0 saturated heterocycles. The summed E-state index contributed by atoms with van der Waals surface area (Å²) in [6.07, 6.45) is -2.74. The van der Waals surface area contributed by atoms with E-state index in [4.69, 9.17) is 4.74 Å². The zero-order valence-electron chi connectivity index (χ0n) is 8.84. The lowest BCUT2D eigenvalue weighted by molar-refractivity contribution is -0.137. The standard InChI is InChI=1S/C10H13F3N2O/c1-16-6-2-5-14-9-4-3-8(7-15-9)10(11,12)13/h3-4,7H,2,5-6H2,1H3,(H,14,15). The van der Waals surface area contributed by atoms with Crippen LogP contribution in [0.5, 0.6) is 0 Å². The third kappa shape index (κ3) is 4.06. The van der Waals surface area contributed by atoms with Gasteiger partial charge in [0.1, 0.15) is 5.82 Å². The molecular formula is C10H13F3N2O. The predicted octanol–water partition coefficient (Wildman–Crippen LogP) is 2.55. The Morgan fingerprint density at radius 3 is 2.62 bits per heavy atom. The first-order chi connectivity index (χ1) is 7.54. The Morgan fingerprint density at radius 1 is 1.38 bits per heavy atom. The van der Waals surface area contributed by atoms with Crippen LogP contribution in [0.4, 0.5) is 19.0 Å². The summed E-state index contributed by atoms with van der Waals surface area (Å²) in [6, 6.07) is 2.32. The number of alkyl halides is 3. The van der Waals surface area contributed by atoms with E-state index in [0.717, 1.165) is 18.7 Å². The molecule has 0 unspecified atom stereocenters. The van der Waals surface area contributed by atoms with E-state index in [1.807, 2.05) is 0 Å². The SMILES string of the molecule is COCCCNc1ccc(C(F)(F)F)cn1. The molecule has 0 amide bonds. The van der Waals surface area contributed by atoms with Crippen LogP contribution in [-0.4, -0.2) is 25.2 Å². The summed E-state index contributed by atoms with van der Waals surface area (Å²) in [5.74, 6) is 0.434. The molecule has 0 aliphatic rings. The van der Waals surface area contributed by atoms with Gasteiger partial charge in [0, 0.05) is 26.5 Å². The Balaban J connectivity index is 2.46. The molecule has 90 valence electrons. The molecule has 0 aromatic carbocycles. The summed E-state index contributed by atoms with van der Waals surface area (Å²) in [5, 5.41) is 2.90. The second kappa shape index (κ2) is 5.69. The van der Waals surface area contributed by atoms with Crippen molar-refractivity contribution in [2.24, 2.45) is 0 Å². The molecule has 1 aromatic heterocycles. The lowest BCUT2D eigenvalue weighted by Crippen LogP contribution is -2.08. The van der Waals surface area contributed by atoms with Gasteiger partial charge in [0.05, 0.1) is 5.56 Å². The van der Waals surface area contributed by atoms with E-state index in [0.29, 0.717) is 19.0 Å². The third-order valence-corrected chi connectivity index (χ3v) is 1.92. The van der Waals surface area contributed by atoms with Crippen LogP contribution in [0, 0.1) is 0 Å². The highest BCUT2D eigenvalue weighted by molar-refractivity contribution is 5.35. The minimum atomic E-state index is -4.33. The van der Waals surface area contributed by atoms with Crippen molar-refractivity contribution in [1.29, 1.82) is 0 Å². The van der Waals surface area contributed by atoms with E-state index < -0.39 is 11.7 Å².